The summed E-state index contributed by atoms with van der Waals surface area (Å²) in [6, 6.07) is 5.44. The van der Waals surface area contributed by atoms with Crippen LogP contribution in [-0.2, 0) is 6.42 Å². The second kappa shape index (κ2) is 3.78. The number of allylic oxidation sites excluding steroid dienone is 1. The van der Waals surface area contributed by atoms with E-state index in [1.165, 1.54) is 0 Å². The van der Waals surface area contributed by atoms with Crippen LogP contribution in [0.4, 0.5) is 11.4 Å². The van der Waals surface area contributed by atoms with Crippen LogP contribution < -0.4 is 11.2 Å². The normalized spacial score (nSPS) is 9.42. The smallest absolute Gasteiger partial charge is 0.0834 e. The van der Waals surface area contributed by atoms with Crippen LogP contribution in [-0.4, -0.2) is 5.21 Å². The van der Waals surface area contributed by atoms with Crippen LogP contribution in [0.5, 0.6) is 0 Å². The molecule has 0 radical (unpaired) electrons. The lowest BCUT2D eigenvalue weighted by Gasteiger charge is -2.07. The minimum Gasteiger partial charge on any atom is -0.397 e. The number of benzene rings is 1. The molecule has 3 nitrogen and oxygen atoms in total. The van der Waals surface area contributed by atoms with Gasteiger partial charge in [0.2, 0.25) is 0 Å². The molecular formula is C9H12N2O. The van der Waals surface area contributed by atoms with Crippen LogP contribution in [0.3, 0.4) is 0 Å². The molecule has 0 atom stereocenters. The lowest BCUT2D eigenvalue weighted by atomic mass is 10.1. The first kappa shape index (κ1) is 8.62. The highest BCUT2D eigenvalue weighted by molar-refractivity contribution is 5.69. The Hall–Kier alpha value is -1.48. The Labute approximate surface area is 71.5 Å². The van der Waals surface area contributed by atoms with Crippen molar-refractivity contribution in [3.8, 4) is 0 Å². The maximum atomic E-state index is 8.66. The fraction of sp³-hybridized carbons (Fsp3) is 0.111. The zero-order valence-electron chi connectivity index (χ0n) is 6.75. The van der Waals surface area contributed by atoms with Crippen molar-refractivity contribution in [3.63, 3.8) is 0 Å². The summed E-state index contributed by atoms with van der Waals surface area (Å²) in [5.74, 6) is 0. The molecule has 3 heteroatoms. The molecule has 0 saturated carbocycles. The Kier molecular flexibility index (Phi) is 2.71. The van der Waals surface area contributed by atoms with Crippen molar-refractivity contribution in [1.82, 2.24) is 0 Å². The van der Waals surface area contributed by atoms with Crippen molar-refractivity contribution in [3.05, 3.63) is 36.4 Å². The van der Waals surface area contributed by atoms with Gasteiger partial charge < -0.3 is 5.73 Å². The molecule has 12 heavy (non-hydrogen) atoms. The number of nitrogen functional groups attached to an aromatic ring is 1. The van der Waals surface area contributed by atoms with E-state index in [9.17, 15) is 0 Å². The molecule has 0 heterocycles. The Morgan fingerprint density at radius 1 is 1.58 bits per heavy atom. The quantitative estimate of drug-likeness (QED) is 0.362. The number of nitrogens with two attached hydrogens (primary N) is 1. The number of rotatable bonds is 3. The van der Waals surface area contributed by atoms with Crippen LogP contribution in [0, 0.1) is 0 Å². The Bertz CT molecular complexity index is 284. The standard InChI is InChI=1S/C9H12N2O/c1-2-4-7-5-3-6-8(11-12)9(7)10/h2-3,5-6,11-12H,1,4,10H2. The van der Waals surface area contributed by atoms with Gasteiger partial charge in [0.25, 0.3) is 0 Å². The second-order valence-electron chi connectivity index (χ2n) is 2.48. The molecule has 1 aromatic rings. The number of hydrogen-bond donors (Lipinski definition) is 3. The third-order valence-electron chi connectivity index (χ3n) is 1.68. The molecule has 0 aromatic heterocycles. The van der Waals surface area contributed by atoms with Crippen LogP contribution in [0.25, 0.3) is 0 Å². The summed E-state index contributed by atoms with van der Waals surface area (Å²) in [6.07, 6.45) is 2.48. The van der Waals surface area contributed by atoms with Gasteiger partial charge in [-0.2, -0.15) is 0 Å². The summed E-state index contributed by atoms with van der Waals surface area (Å²) >= 11 is 0. The molecule has 0 fully saturated rings. The predicted molar refractivity (Wildman–Crippen MR) is 50.2 cm³/mol. The van der Waals surface area contributed by atoms with Gasteiger partial charge in [-0.05, 0) is 18.1 Å². The van der Waals surface area contributed by atoms with Crippen LogP contribution in [0.1, 0.15) is 5.56 Å². The SMILES string of the molecule is C=CCc1cccc(NO)c1N. The summed E-state index contributed by atoms with van der Waals surface area (Å²) in [5, 5.41) is 8.66. The molecule has 1 rings (SSSR count). The Balaban J connectivity index is 3.04. The maximum absolute atomic E-state index is 8.66. The highest BCUT2D eigenvalue weighted by Crippen LogP contribution is 2.22. The lowest BCUT2D eigenvalue weighted by Crippen LogP contribution is -1.99. The van der Waals surface area contributed by atoms with Crippen molar-refractivity contribution < 1.29 is 5.21 Å². The van der Waals surface area contributed by atoms with Gasteiger partial charge in [0.15, 0.2) is 0 Å². The van der Waals surface area contributed by atoms with E-state index in [4.69, 9.17) is 10.9 Å². The van der Waals surface area contributed by atoms with E-state index < -0.39 is 0 Å². The van der Waals surface area contributed by atoms with Gasteiger partial charge in [0, 0.05) is 0 Å². The largest absolute Gasteiger partial charge is 0.397 e. The molecule has 0 spiro atoms. The minimum atomic E-state index is 0.536. The fourth-order valence-electron chi connectivity index (χ4n) is 1.04. The van der Waals surface area contributed by atoms with Gasteiger partial charge in [-0.15, -0.1) is 6.58 Å². The van der Waals surface area contributed by atoms with Gasteiger partial charge in [0.1, 0.15) is 0 Å². The lowest BCUT2D eigenvalue weighted by molar-refractivity contribution is 0.389. The van der Waals surface area contributed by atoms with Crippen LogP contribution in [0.15, 0.2) is 30.9 Å². The van der Waals surface area contributed by atoms with Gasteiger partial charge in [-0.25, -0.2) is 0 Å². The van der Waals surface area contributed by atoms with Gasteiger partial charge in [0.05, 0.1) is 11.4 Å². The molecule has 0 aliphatic heterocycles. The summed E-state index contributed by atoms with van der Waals surface area (Å²) < 4.78 is 0. The average Bonchev–Trinajstić information content (AvgIpc) is 2.09. The number of anilines is 2. The first-order valence-corrected chi connectivity index (χ1v) is 3.68. The summed E-state index contributed by atoms with van der Waals surface area (Å²) in [6.45, 7) is 3.61. The molecule has 0 amide bonds. The Morgan fingerprint density at radius 2 is 2.33 bits per heavy atom. The topological polar surface area (TPSA) is 58.3 Å². The molecule has 0 aliphatic carbocycles. The van der Waals surface area contributed by atoms with E-state index in [1.54, 1.807) is 12.1 Å². The van der Waals surface area contributed by atoms with E-state index in [0.29, 0.717) is 17.8 Å². The third-order valence-corrected chi connectivity index (χ3v) is 1.68. The van der Waals surface area contributed by atoms with E-state index in [0.717, 1.165) is 5.56 Å². The van der Waals surface area contributed by atoms with Gasteiger partial charge in [-0.3, -0.25) is 10.7 Å². The van der Waals surface area contributed by atoms with E-state index >= 15 is 0 Å². The number of hydrogen-bond acceptors (Lipinski definition) is 3. The molecule has 4 N–H and O–H groups in total. The molecule has 64 valence electrons. The predicted octanol–water partition coefficient (Wildman–Crippen LogP) is 1.80. The van der Waals surface area contributed by atoms with Crippen molar-refractivity contribution >= 4 is 11.4 Å². The molecule has 0 aliphatic rings. The monoisotopic (exact) mass is 164 g/mol. The zero-order valence-corrected chi connectivity index (χ0v) is 6.75. The van der Waals surface area contributed by atoms with Crippen molar-refractivity contribution in [2.75, 3.05) is 11.2 Å². The van der Waals surface area contributed by atoms with Crippen molar-refractivity contribution in [1.29, 1.82) is 0 Å². The number of nitrogens with one attached hydrogen (secondary N) is 1. The molecule has 0 unspecified atom stereocenters. The van der Waals surface area contributed by atoms with Crippen LogP contribution >= 0.6 is 0 Å². The first-order chi connectivity index (χ1) is 5.79. The summed E-state index contributed by atoms with van der Waals surface area (Å²) in [4.78, 5) is 0. The summed E-state index contributed by atoms with van der Waals surface area (Å²) in [7, 11) is 0. The summed E-state index contributed by atoms with van der Waals surface area (Å²) in [5.41, 5.74) is 9.81. The fourth-order valence-corrected chi connectivity index (χ4v) is 1.04. The maximum Gasteiger partial charge on any atom is 0.0834 e. The van der Waals surface area contributed by atoms with Crippen molar-refractivity contribution in [2.24, 2.45) is 0 Å². The first-order valence-electron chi connectivity index (χ1n) is 3.68. The van der Waals surface area contributed by atoms with E-state index in [-0.39, 0.29) is 0 Å². The van der Waals surface area contributed by atoms with Gasteiger partial charge in [-0.1, -0.05) is 18.2 Å². The third kappa shape index (κ3) is 1.57. The van der Waals surface area contributed by atoms with Crippen LogP contribution in [0.2, 0.25) is 0 Å². The zero-order chi connectivity index (χ0) is 8.97. The van der Waals surface area contributed by atoms with E-state index in [2.05, 4.69) is 6.58 Å². The Morgan fingerprint density at radius 3 is 2.92 bits per heavy atom. The second-order valence-corrected chi connectivity index (χ2v) is 2.48. The van der Waals surface area contributed by atoms with E-state index in [1.807, 2.05) is 17.6 Å². The average molecular weight is 164 g/mol. The highest BCUT2D eigenvalue weighted by Gasteiger charge is 2.01. The highest BCUT2D eigenvalue weighted by atomic mass is 16.5. The molecule has 0 saturated heterocycles. The number of para-hydroxylation sites is 1. The molecule has 1 aromatic carbocycles. The van der Waals surface area contributed by atoms with Crippen molar-refractivity contribution in [2.45, 2.75) is 6.42 Å². The van der Waals surface area contributed by atoms with Gasteiger partial charge >= 0.3 is 0 Å². The molecular weight excluding hydrogens is 152 g/mol. The molecule has 0 bridgehead atoms. The minimum absolute atomic E-state index is 0.536.